The molecule has 0 N–H and O–H groups in total. The molecule has 2 rings (SSSR count). The molecule has 1 aromatic carbocycles. The highest BCUT2D eigenvalue weighted by Crippen LogP contribution is 2.15. The van der Waals surface area contributed by atoms with Crippen LogP contribution in [0.4, 0.5) is 9.52 Å². The summed E-state index contributed by atoms with van der Waals surface area (Å²) in [5.74, 6) is -0.217. The molecule has 2 nitrogen and oxygen atoms in total. The lowest BCUT2D eigenvalue weighted by Crippen LogP contribution is -2.25. The summed E-state index contributed by atoms with van der Waals surface area (Å²) in [6.07, 6.45) is 4.17. The number of hydrogen-bond acceptors (Lipinski definition) is 3. The Hall–Kier alpha value is -1.68. The molecule has 0 aliphatic rings. The maximum Gasteiger partial charge on any atom is 0.186 e. The van der Waals surface area contributed by atoms with Crippen LogP contribution in [-0.4, -0.2) is 18.1 Å². The maximum atomic E-state index is 13.4. The van der Waals surface area contributed by atoms with Crippen LogP contribution in [0.25, 0.3) is 12.7 Å². The highest BCUT2D eigenvalue weighted by Gasteiger charge is 2.09. The first-order chi connectivity index (χ1) is 10.5. The fraction of sp³-hybridized carbons (Fsp3) is 0.389. The van der Waals surface area contributed by atoms with Crippen LogP contribution in [0, 0.1) is 12.7 Å². The first-order valence-corrected chi connectivity index (χ1v) is 8.55. The molecule has 118 valence electrons. The molecule has 1 aromatic heterocycles. The molecule has 0 fully saturated rings. The molecule has 0 atom stereocenters. The standard InChI is InChI=1S/C18H23FN2S/c1-5-9-21(10-6-2)18-20-14(4)17(22-18)12-15-11-16(19)8-7-13(15)3/h7-8,11-12H,4-6,9-10H2,1-3H3/b17-12-. The van der Waals surface area contributed by atoms with Gasteiger partial charge in [-0.2, -0.15) is 0 Å². The Morgan fingerprint density at radius 2 is 1.95 bits per heavy atom. The number of hydrogen-bond donors (Lipinski definition) is 0. The van der Waals surface area contributed by atoms with Crippen LogP contribution in [0.3, 0.4) is 0 Å². The van der Waals surface area contributed by atoms with Gasteiger partial charge in [0.1, 0.15) is 5.82 Å². The molecule has 0 radical (unpaired) electrons. The van der Waals surface area contributed by atoms with E-state index in [4.69, 9.17) is 0 Å². The fourth-order valence-corrected chi connectivity index (χ4v) is 3.36. The topological polar surface area (TPSA) is 16.1 Å². The van der Waals surface area contributed by atoms with Gasteiger partial charge in [-0.15, -0.1) is 0 Å². The molecule has 22 heavy (non-hydrogen) atoms. The summed E-state index contributed by atoms with van der Waals surface area (Å²) in [7, 11) is 0. The lowest BCUT2D eigenvalue weighted by Gasteiger charge is -2.19. The number of halogens is 1. The van der Waals surface area contributed by atoms with Crippen LogP contribution in [0.1, 0.15) is 37.8 Å². The van der Waals surface area contributed by atoms with Crippen LogP contribution in [0.2, 0.25) is 0 Å². The Morgan fingerprint density at radius 1 is 1.27 bits per heavy atom. The molecule has 0 saturated carbocycles. The molecule has 0 spiro atoms. The Kier molecular flexibility index (Phi) is 5.72. The number of thiazole rings is 1. The minimum Gasteiger partial charge on any atom is -0.348 e. The highest BCUT2D eigenvalue weighted by atomic mass is 32.1. The molecule has 0 unspecified atom stereocenters. The number of anilines is 1. The van der Waals surface area contributed by atoms with Gasteiger partial charge in [0.25, 0.3) is 0 Å². The minimum absolute atomic E-state index is 0.217. The van der Waals surface area contributed by atoms with Crippen LogP contribution < -0.4 is 14.8 Å². The molecule has 2 aromatic rings. The van der Waals surface area contributed by atoms with Gasteiger partial charge in [0.15, 0.2) is 5.13 Å². The molecule has 0 bridgehead atoms. The molecule has 0 saturated heterocycles. The van der Waals surface area contributed by atoms with Gasteiger partial charge in [-0.3, -0.25) is 0 Å². The quantitative estimate of drug-likeness (QED) is 0.811. The first kappa shape index (κ1) is 16.7. The van der Waals surface area contributed by atoms with E-state index in [0.717, 1.165) is 52.1 Å². The molecule has 1 heterocycles. The van der Waals surface area contributed by atoms with Crippen molar-refractivity contribution in [3.63, 3.8) is 0 Å². The Morgan fingerprint density at radius 3 is 2.59 bits per heavy atom. The molecular formula is C18H23FN2S. The zero-order valence-electron chi connectivity index (χ0n) is 13.5. The summed E-state index contributed by atoms with van der Waals surface area (Å²) in [6, 6.07) is 4.84. The van der Waals surface area contributed by atoms with Gasteiger partial charge in [-0.25, -0.2) is 9.37 Å². The fourth-order valence-electron chi connectivity index (χ4n) is 2.35. The highest BCUT2D eigenvalue weighted by molar-refractivity contribution is 7.13. The van der Waals surface area contributed by atoms with Crippen molar-refractivity contribution >= 4 is 29.1 Å². The SMILES string of the molecule is C=c1nc(N(CCC)CCC)s/c1=C\c1cc(F)ccc1C. The van der Waals surface area contributed by atoms with Crippen molar-refractivity contribution in [1.82, 2.24) is 4.98 Å². The van der Waals surface area contributed by atoms with Crippen molar-refractivity contribution in [1.29, 1.82) is 0 Å². The molecule has 4 heteroatoms. The predicted octanol–water partition coefficient (Wildman–Crippen LogP) is 3.46. The van der Waals surface area contributed by atoms with E-state index in [0.29, 0.717) is 0 Å². The summed E-state index contributed by atoms with van der Waals surface area (Å²) >= 11 is 1.63. The Bertz CT molecular complexity index is 730. The van der Waals surface area contributed by atoms with Crippen molar-refractivity contribution < 1.29 is 4.39 Å². The van der Waals surface area contributed by atoms with Crippen LogP contribution >= 0.6 is 11.3 Å². The number of nitrogens with zero attached hydrogens (tertiary/aromatic N) is 2. The van der Waals surface area contributed by atoms with Gasteiger partial charge in [0, 0.05) is 13.1 Å². The summed E-state index contributed by atoms with van der Waals surface area (Å²) in [6.45, 7) is 12.4. The van der Waals surface area contributed by atoms with Gasteiger partial charge in [0.2, 0.25) is 0 Å². The predicted molar refractivity (Wildman–Crippen MR) is 94.4 cm³/mol. The molecule has 0 aliphatic carbocycles. The van der Waals surface area contributed by atoms with Crippen molar-refractivity contribution in [3.05, 3.63) is 45.0 Å². The van der Waals surface area contributed by atoms with Gasteiger partial charge < -0.3 is 4.90 Å². The third-order valence-corrected chi connectivity index (χ3v) is 4.61. The normalized spacial score (nSPS) is 11.9. The number of benzene rings is 1. The second-order valence-corrected chi connectivity index (χ2v) is 6.45. The molecule has 0 aliphatic heterocycles. The van der Waals surface area contributed by atoms with Crippen molar-refractivity contribution in [2.24, 2.45) is 0 Å². The third-order valence-electron chi connectivity index (χ3n) is 3.50. The minimum atomic E-state index is -0.217. The summed E-state index contributed by atoms with van der Waals surface area (Å²) < 4.78 is 14.4. The molecule has 0 amide bonds. The lowest BCUT2D eigenvalue weighted by atomic mass is 10.1. The second kappa shape index (κ2) is 7.54. The smallest absolute Gasteiger partial charge is 0.186 e. The average Bonchev–Trinajstić information content (AvgIpc) is 2.84. The summed E-state index contributed by atoms with van der Waals surface area (Å²) in [4.78, 5) is 6.91. The zero-order chi connectivity index (χ0) is 16.1. The first-order valence-electron chi connectivity index (χ1n) is 7.73. The van der Waals surface area contributed by atoms with Gasteiger partial charge in [-0.05, 0) is 49.1 Å². The van der Waals surface area contributed by atoms with E-state index in [-0.39, 0.29) is 5.82 Å². The van der Waals surface area contributed by atoms with Crippen LogP contribution in [-0.2, 0) is 0 Å². The lowest BCUT2D eigenvalue weighted by molar-refractivity contribution is 0.627. The van der Waals surface area contributed by atoms with Crippen molar-refractivity contribution in [2.75, 3.05) is 18.0 Å². The largest absolute Gasteiger partial charge is 0.348 e. The zero-order valence-corrected chi connectivity index (χ0v) is 14.3. The summed E-state index contributed by atoms with van der Waals surface area (Å²) in [5.41, 5.74) is 1.94. The average molecular weight is 318 g/mol. The van der Waals surface area contributed by atoms with E-state index in [2.05, 4.69) is 30.3 Å². The monoisotopic (exact) mass is 318 g/mol. The number of rotatable bonds is 6. The number of aryl methyl sites for hydroxylation is 1. The summed E-state index contributed by atoms with van der Waals surface area (Å²) in [5, 5.41) is 1.77. The van der Waals surface area contributed by atoms with Crippen LogP contribution in [0.5, 0.6) is 0 Å². The van der Waals surface area contributed by atoms with Crippen molar-refractivity contribution in [2.45, 2.75) is 33.6 Å². The Balaban J connectivity index is 2.42. The van der Waals surface area contributed by atoms with Crippen LogP contribution in [0.15, 0.2) is 18.2 Å². The van der Waals surface area contributed by atoms with E-state index >= 15 is 0 Å². The third kappa shape index (κ3) is 3.95. The van der Waals surface area contributed by atoms with Gasteiger partial charge in [0.05, 0.1) is 9.88 Å². The van der Waals surface area contributed by atoms with E-state index in [9.17, 15) is 4.39 Å². The van der Waals surface area contributed by atoms with E-state index in [1.807, 2.05) is 13.0 Å². The Labute approximate surface area is 135 Å². The maximum absolute atomic E-state index is 13.4. The van der Waals surface area contributed by atoms with Crippen molar-refractivity contribution in [3.8, 4) is 0 Å². The van der Waals surface area contributed by atoms with Gasteiger partial charge >= 0.3 is 0 Å². The van der Waals surface area contributed by atoms with E-state index in [1.54, 1.807) is 23.5 Å². The second-order valence-electron chi connectivity index (χ2n) is 5.44. The van der Waals surface area contributed by atoms with Gasteiger partial charge in [-0.1, -0.05) is 37.8 Å². The van der Waals surface area contributed by atoms with E-state index < -0.39 is 0 Å². The molecular weight excluding hydrogens is 295 g/mol. The number of aromatic nitrogens is 1. The van der Waals surface area contributed by atoms with E-state index in [1.165, 1.54) is 6.07 Å².